The van der Waals surface area contributed by atoms with Gasteiger partial charge in [0.15, 0.2) is 0 Å². The van der Waals surface area contributed by atoms with Gasteiger partial charge >= 0.3 is 0 Å². The van der Waals surface area contributed by atoms with Crippen LogP contribution in [0.15, 0.2) is 11.6 Å². The molecule has 0 saturated carbocycles. The molecule has 0 fully saturated rings. The van der Waals surface area contributed by atoms with Gasteiger partial charge in [-0.15, -0.1) is 11.3 Å². The molecule has 1 heterocycles. The summed E-state index contributed by atoms with van der Waals surface area (Å²) < 4.78 is 5.65. The summed E-state index contributed by atoms with van der Waals surface area (Å²) in [6, 6.07) is 0. The predicted octanol–water partition coefficient (Wildman–Crippen LogP) is 4.22. The Bertz CT molecular complexity index is 254. The lowest BCUT2D eigenvalue weighted by atomic mass is 10.2. The number of rotatable bonds is 9. The molecule has 0 spiro atoms. The van der Waals surface area contributed by atoms with Crippen LogP contribution in [0.2, 0.25) is 0 Å². The zero-order chi connectivity index (χ0) is 11.6. The molecule has 2 nitrogen and oxygen atoms in total. The minimum Gasteiger partial charge on any atom is -0.381 e. The van der Waals surface area contributed by atoms with Gasteiger partial charge in [-0.2, -0.15) is 0 Å². The largest absolute Gasteiger partial charge is 0.381 e. The average molecular weight is 306 g/mol. The van der Waals surface area contributed by atoms with Gasteiger partial charge in [0.25, 0.3) is 0 Å². The van der Waals surface area contributed by atoms with Crippen LogP contribution in [-0.4, -0.2) is 23.5 Å². The Labute approximate surface area is 111 Å². The van der Waals surface area contributed by atoms with Crippen molar-refractivity contribution in [1.29, 1.82) is 0 Å². The highest BCUT2D eigenvalue weighted by Gasteiger charge is 2.07. The quantitative estimate of drug-likeness (QED) is 0.503. The highest BCUT2D eigenvalue weighted by molar-refractivity contribution is 9.09. The van der Waals surface area contributed by atoms with E-state index in [1.807, 2.05) is 11.6 Å². The summed E-state index contributed by atoms with van der Waals surface area (Å²) in [5.41, 5.74) is 0. The van der Waals surface area contributed by atoms with Crippen molar-refractivity contribution in [3.05, 3.63) is 16.6 Å². The Hall–Kier alpha value is 0.0700. The zero-order valence-corrected chi connectivity index (χ0v) is 12.2. The highest BCUT2D eigenvalue weighted by atomic mass is 79.9. The van der Waals surface area contributed by atoms with Crippen molar-refractivity contribution in [2.45, 2.75) is 38.5 Å². The maximum Gasteiger partial charge on any atom is 0.0976 e. The second-order valence-electron chi connectivity index (χ2n) is 3.95. The SMILES string of the molecule is CC(COCCCCCCBr)c1nccs1. The average Bonchev–Trinajstić information content (AvgIpc) is 2.81. The van der Waals surface area contributed by atoms with Gasteiger partial charge in [-0.25, -0.2) is 4.98 Å². The molecule has 92 valence electrons. The number of alkyl halides is 1. The topological polar surface area (TPSA) is 22.1 Å². The Morgan fingerprint density at radius 1 is 1.38 bits per heavy atom. The van der Waals surface area contributed by atoms with Crippen molar-refractivity contribution >= 4 is 27.3 Å². The Morgan fingerprint density at radius 3 is 2.88 bits per heavy atom. The van der Waals surface area contributed by atoms with E-state index in [1.54, 1.807) is 11.3 Å². The van der Waals surface area contributed by atoms with Gasteiger partial charge in [0.2, 0.25) is 0 Å². The molecule has 0 aliphatic heterocycles. The first-order valence-corrected chi connectivity index (χ1v) is 7.87. The third kappa shape index (κ3) is 5.97. The van der Waals surface area contributed by atoms with Crippen LogP contribution in [0.1, 0.15) is 43.5 Å². The van der Waals surface area contributed by atoms with Crippen LogP contribution in [0.4, 0.5) is 0 Å². The minimum atomic E-state index is 0.433. The molecule has 0 N–H and O–H groups in total. The van der Waals surface area contributed by atoms with Crippen LogP contribution in [0.25, 0.3) is 0 Å². The van der Waals surface area contributed by atoms with Crippen LogP contribution in [0.3, 0.4) is 0 Å². The first-order valence-electron chi connectivity index (χ1n) is 5.87. The second kappa shape index (κ2) is 9.14. The summed E-state index contributed by atoms with van der Waals surface area (Å²) in [6.07, 6.45) is 6.89. The smallest absolute Gasteiger partial charge is 0.0976 e. The third-order valence-corrected chi connectivity index (χ3v) is 3.98. The van der Waals surface area contributed by atoms with Gasteiger partial charge in [-0.1, -0.05) is 35.7 Å². The molecule has 0 amide bonds. The van der Waals surface area contributed by atoms with Crippen molar-refractivity contribution in [1.82, 2.24) is 4.98 Å². The molecule has 0 radical (unpaired) electrons. The van der Waals surface area contributed by atoms with E-state index in [1.165, 1.54) is 30.7 Å². The van der Waals surface area contributed by atoms with Crippen LogP contribution in [0, 0.1) is 0 Å². The molecular weight excluding hydrogens is 286 g/mol. The van der Waals surface area contributed by atoms with Crippen LogP contribution < -0.4 is 0 Å². The first kappa shape index (κ1) is 14.1. The monoisotopic (exact) mass is 305 g/mol. The summed E-state index contributed by atoms with van der Waals surface area (Å²) in [7, 11) is 0. The predicted molar refractivity (Wildman–Crippen MR) is 73.6 cm³/mol. The van der Waals surface area contributed by atoms with Gasteiger partial charge in [0.05, 0.1) is 11.6 Å². The number of unbranched alkanes of at least 4 members (excludes halogenated alkanes) is 3. The lowest BCUT2D eigenvalue weighted by molar-refractivity contribution is 0.119. The number of hydrogen-bond donors (Lipinski definition) is 0. The molecule has 1 atom stereocenters. The number of hydrogen-bond acceptors (Lipinski definition) is 3. The van der Waals surface area contributed by atoms with E-state index in [2.05, 4.69) is 27.8 Å². The maximum absolute atomic E-state index is 5.65. The van der Waals surface area contributed by atoms with Crippen LogP contribution >= 0.6 is 27.3 Å². The Balaban J connectivity index is 1.95. The zero-order valence-electron chi connectivity index (χ0n) is 9.82. The van der Waals surface area contributed by atoms with Gasteiger partial charge < -0.3 is 4.74 Å². The van der Waals surface area contributed by atoms with E-state index in [4.69, 9.17) is 4.74 Å². The van der Waals surface area contributed by atoms with E-state index < -0.39 is 0 Å². The van der Waals surface area contributed by atoms with E-state index in [-0.39, 0.29) is 0 Å². The molecule has 0 bridgehead atoms. The van der Waals surface area contributed by atoms with Gasteiger partial charge in [-0.3, -0.25) is 0 Å². The Kier molecular flexibility index (Phi) is 8.07. The molecule has 1 rings (SSSR count). The summed E-state index contributed by atoms with van der Waals surface area (Å²) in [5.74, 6) is 0.433. The number of halogens is 1. The summed E-state index contributed by atoms with van der Waals surface area (Å²) in [6.45, 7) is 3.85. The minimum absolute atomic E-state index is 0.433. The van der Waals surface area contributed by atoms with Crippen LogP contribution in [-0.2, 0) is 4.74 Å². The molecule has 4 heteroatoms. The fourth-order valence-electron chi connectivity index (χ4n) is 1.46. The van der Waals surface area contributed by atoms with Gasteiger partial charge in [0, 0.05) is 29.4 Å². The number of ether oxygens (including phenoxy) is 1. The van der Waals surface area contributed by atoms with Crippen molar-refractivity contribution in [2.24, 2.45) is 0 Å². The van der Waals surface area contributed by atoms with E-state index in [0.717, 1.165) is 18.5 Å². The highest BCUT2D eigenvalue weighted by Crippen LogP contribution is 2.17. The molecule has 1 aromatic heterocycles. The second-order valence-corrected chi connectivity index (χ2v) is 5.67. The first-order chi connectivity index (χ1) is 7.84. The van der Waals surface area contributed by atoms with Gasteiger partial charge in [-0.05, 0) is 12.8 Å². The molecule has 1 aromatic rings. The fourth-order valence-corrected chi connectivity index (χ4v) is 2.54. The normalized spacial score (nSPS) is 12.9. The summed E-state index contributed by atoms with van der Waals surface area (Å²) >= 11 is 5.15. The maximum atomic E-state index is 5.65. The lowest BCUT2D eigenvalue weighted by Crippen LogP contribution is -2.05. The lowest BCUT2D eigenvalue weighted by Gasteiger charge is -2.09. The Morgan fingerprint density at radius 2 is 2.19 bits per heavy atom. The van der Waals surface area contributed by atoms with E-state index in [9.17, 15) is 0 Å². The molecule has 0 aliphatic rings. The summed E-state index contributed by atoms with van der Waals surface area (Å²) in [5, 5.41) is 4.32. The van der Waals surface area contributed by atoms with Crippen molar-refractivity contribution in [3.8, 4) is 0 Å². The molecule has 0 aliphatic carbocycles. The van der Waals surface area contributed by atoms with E-state index >= 15 is 0 Å². The van der Waals surface area contributed by atoms with E-state index in [0.29, 0.717) is 5.92 Å². The third-order valence-electron chi connectivity index (χ3n) is 2.41. The molecule has 16 heavy (non-hydrogen) atoms. The van der Waals surface area contributed by atoms with Crippen molar-refractivity contribution in [3.63, 3.8) is 0 Å². The summed E-state index contributed by atoms with van der Waals surface area (Å²) in [4.78, 5) is 4.29. The molecular formula is C12H20BrNOS. The molecule has 0 saturated heterocycles. The standard InChI is InChI=1S/C12H20BrNOS/c1-11(12-14-7-9-16-12)10-15-8-5-3-2-4-6-13/h7,9,11H,2-6,8,10H2,1H3. The molecule has 1 unspecified atom stereocenters. The van der Waals surface area contributed by atoms with Crippen LogP contribution in [0.5, 0.6) is 0 Å². The van der Waals surface area contributed by atoms with Crippen molar-refractivity contribution in [2.75, 3.05) is 18.5 Å². The van der Waals surface area contributed by atoms with Crippen molar-refractivity contribution < 1.29 is 4.74 Å². The number of nitrogens with zero attached hydrogens (tertiary/aromatic N) is 1. The molecule has 0 aromatic carbocycles. The van der Waals surface area contributed by atoms with Gasteiger partial charge in [0.1, 0.15) is 0 Å². The fraction of sp³-hybridized carbons (Fsp3) is 0.750. The number of aromatic nitrogens is 1. The number of thiazole rings is 1.